The van der Waals surface area contributed by atoms with E-state index in [1.54, 1.807) is 17.8 Å². The van der Waals surface area contributed by atoms with Crippen LogP contribution in [0, 0.1) is 0 Å². The van der Waals surface area contributed by atoms with Gasteiger partial charge in [-0.2, -0.15) is 11.8 Å². The topological polar surface area (TPSA) is 46.9 Å². The first-order chi connectivity index (χ1) is 15.7. The van der Waals surface area contributed by atoms with Crippen molar-refractivity contribution in [2.45, 2.75) is 19.0 Å². The van der Waals surface area contributed by atoms with Crippen molar-refractivity contribution < 1.29 is 4.79 Å². The molecule has 0 aliphatic heterocycles. The summed E-state index contributed by atoms with van der Waals surface area (Å²) in [7, 11) is 0. The number of aromatic nitrogens is 2. The summed E-state index contributed by atoms with van der Waals surface area (Å²) in [5, 5.41) is 3.20. The summed E-state index contributed by atoms with van der Waals surface area (Å²) < 4.78 is 2.23. The van der Waals surface area contributed by atoms with Gasteiger partial charge in [-0.15, -0.1) is 0 Å². The normalized spacial score (nSPS) is 12.3. The van der Waals surface area contributed by atoms with Crippen LogP contribution in [-0.4, -0.2) is 27.5 Å². The molecule has 32 heavy (non-hydrogen) atoms. The van der Waals surface area contributed by atoms with Crippen LogP contribution < -0.4 is 5.32 Å². The molecular weight excluding hydrogens is 414 g/mol. The Bertz CT molecular complexity index is 1190. The zero-order chi connectivity index (χ0) is 22.2. The lowest BCUT2D eigenvalue weighted by Crippen LogP contribution is -2.30. The van der Waals surface area contributed by atoms with Crippen molar-refractivity contribution in [2.75, 3.05) is 12.0 Å². The van der Waals surface area contributed by atoms with E-state index >= 15 is 0 Å². The van der Waals surface area contributed by atoms with Crippen LogP contribution in [0.15, 0.2) is 91.0 Å². The van der Waals surface area contributed by atoms with E-state index < -0.39 is 0 Å². The van der Waals surface area contributed by atoms with Gasteiger partial charge in [0.2, 0.25) is 5.91 Å². The molecule has 4 aromatic rings. The quantitative estimate of drug-likeness (QED) is 0.339. The second-order valence-electron chi connectivity index (χ2n) is 7.62. The first kappa shape index (κ1) is 21.9. The van der Waals surface area contributed by atoms with E-state index in [4.69, 9.17) is 4.98 Å². The van der Waals surface area contributed by atoms with Gasteiger partial charge in [-0.3, -0.25) is 4.79 Å². The van der Waals surface area contributed by atoms with Crippen LogP contribution in [0.4, 0.5) is 0 Å². The minimum Gasteiger partial charge on any atom is -0.343 e. The van der Waals surface area contributed by atoms with Gasteiger partial charge in [-0.05, 0) is 47.8 Å². The van der Waals surface area contributed by atoms with Crippen LogP contribution in [0.25, 0.3) is 17.1 Å². The molecular formula is C27H27N3OS. The Morgan fingerprint density at radius 2 is 1.69 bits per heavy atom. The van der Waals surface area contributed by atoms with Crippen molar-refractivity contribution in [3.05, 3.63) is 108 Å². The highest BCUT2D eigenvalue weighted by Gasteiger charge is 2.21. The number of carbonyl (C=O) groups is 1. The standard InChI is InChI=1S/C27H27N3OS/c1-32-19-18-24(28-26(31)17-16-21-10-4-2-5-11-21)27-29-23-14-8-9-15-25(23)30(27)20-22-12-6-3-7-13-22/h2-17,24H,18-20H2,1H3,(H,28,31)/b17-16-. The molecule has 0 bridgehead atoms. The van der Waals surface area contributed by atoms with E-state index in [0.29, 0.717) is 6.54 Å². The van der Waals surface area contributed by atoms with Crippen molar-refractivity contribution >= 4 is 34.8 Å². The zero-order valence-corrected chi connectivity index (χ0v) is 19.0. The lowest BCUT2D eigenvalue weighted by Gasteiger charge is -2.19. The molecule has 1 N–H and O–H groups in total. The number of hydrogen-bond acceptors (Lipinski definition) is 3. The van der Waals surface area contributed by atoms with Gasteiger partial charge < -0.3 is 9.88 Å². The molecule has 5 heteroatoms. The molecule has 1 amide bonds. The summed E-state index contributed by atoms with van der Waals surface area (Å²) in [5.41, 5.74) is 4.23. The van der Waals surface area contributed by atoms with E-state index in [1.807, 2.05) is 60.7 Å². The van der Waals surface area contributed by atoms with Crippen LogP contribution >= 0.6 is 11.8 Å². The highest BCUT2D eigenvalue weighted by atomic mass is 32.2. The van der Waals surface area contributed by atoms with Gasteiger partial charge in [-0.1, -0.05) is 72.8 Å². The van der Waals surface area contributed by atoms with Crippen LogP contribution in [0.2, 0.25) is 0 Å². The summed E-state index contributed by atoms with van der Waals surface area (Å²) in [5.74, 6) is 1.71. The van der Waals surface area contributed by atoms with Crippen molar-refractivity contribution in [3.8, 4) is 0 Å². The number of rotatable bonds is 9. The van der Waals surface area contributed by atoms with Crippen LogP contribution in [-0.2, 0) is 11.3 Å². The van der Waals surface area contributed by atoms with Crippen LogP contribution in [0.1, 0.15) is 29.4 Å². The predicted octanol–water partition coefficient (Wildman–Crippen LogP) is 5.71. The molecule has 4 rings (SSSR count). The Morgan fingerprint density at radius 3 is 2.44 bits per heavy atom. The van der Waals surface area contributed by atoms with Crippen molar-refractivity contribution in [3.63, 3.8) is 0 Å². The molecule has 0 saturated carbocycles. The molecule has 0 aliphatic carbocycles. The monoisotopic (exact) mass is 441 g/mol. The largest absolute Gasteiger partial charge is 0.343 e. The molecule has 0 aliphatic rings. The van der Waals surface area contributed by atoms with Gasteiger partial charge in [0.15, 0.2) is 0 Å². The van der Waals surface area contributed by atoms with Crippen LogP contribution in [0.5, 0.6) is 0 Å². The number of imidazole rings is 1. The summed E-state index contributed by atoms with van der Waals surface area (Å²) in [6.07, 6.45) is 6.34. The average Bonchev–Trinajstić information content (AvgIpc) is 3.20. The Kier molecular flexibility index (Phi) is 7.41. The fourth-order valence-corrected chi connectivity index (χ4v) is 4.22. The number of amides is 1. The fourth-order valence-electron chi connectivity index (χ4n) is 3.75. The van der Waals surface area contributed by atoms with Crippen molar-refractivity contribution in [1.29, 1.82) is 0 Å². The third kappa shape index (κ3) is 5.48. The average molecular weight is 442 g/mol. The van der Waals surface area contributed by atoms with Gasteiger partial charge in [-0.25, -0.2) is 4.98 Å². The molecule has 1 atom stereocenters. The SMILES string of the molecule is CSCCC(NC(=O)/C=C\c1ccccc1)c1nc2ccccc2n1Cc1ccccc1. The first-order valence-corrected chi connectivity index (χ1v) is 12.2. The lowest BCUT2D eigenvalue weighted by atomic mass is 10.1. The molecule has 0 radical (unpaired) electrons. The molecule has 162 valence electrons. The summed E-state index contributed by atoms with van der Waals surface area (Å²) >= 11 is 1.77. The molecule has 1 aromatic heterocycles. The van der Waals surface area contributed by atoms with Gasteiger partial charge in [0, 0.05) is 12.6 Å². The third-order valence-corrected chi connectivity index (χ3v) is 5.98. The number of fused-ring (bicyclic) bond motifs is 1. The number of nitrogens with zero attached hydrogens (tertiary/aromatic N) is 2. The number of hydrogen-bond donors (Lipinski definition) is 1. The fraction of sp³-hybridized carbons (Fsp3) is 0.185. The maximum absolute atomic E-state index is 12.8. The van der Waals surface area contributed by atoms with Gasteiger partial charge in [0.1, 0.15) is 5.82 Å². The number of para-hydroxylation sites is 2. The van der Waals surface area contributed by atoms with Gasteiger partial charge in [0.25, 0.3) is 0 Å². The molecule has 4 nitrogen and oxygen atoms in total. The number of thioether (sulfide) groups is 1. The number of carbonyl (C=O) groups excluding carboxylic acids is 1. The number of nitrogens with one attached hydrogen (secondary N) is 1. The Balaban J connectivity index is 1.65. The first-order valence-electron chi connectivity index (χ1n) is 10.8. The van der Waals surface area contributed by atoms with E-state index in [1.165, 1.54) is 5.56 Å². The molecule has 1 unspecified atom stereocenters. The lowest BCUT2D eigenvalue weighted by molar-refractivity contribution is -0.117. The Morgan fingerprint density at radius 1 is 1.00 bits per heavy atom. The minimum atomic E-state index is -0.175. The third-order valence-electron chi connectivity index (χ3n) is 5.33. The van der Waals surface area contributed by atoms with E-state index in [0.717, 1.165) is 34.6 Å². The highest BCUT2D eigenvalue weighted by molar-refractivity contribution is 7.98. The van der Waals surface area contributed by atoms with Gasteiger partial charge in [0.05, 0.1) is 17.1 Å². The Labute approximate surface area is 193 Å². The Hall–Kier alpha value is -3.31. The molecule has 0 spiro atoms. The maximum atomic E-state index is 12.8. The summed E-state index contributed by atoms with van der Waals surface area (Å²) in [6, 6.07) is 28.2. The minimum absolute atomic E-state index is 0.113. The van der Waals surface area contributed by atoms with Crippen molar-refractivity contribution in [1.82, 2.24) is 14.9 Å². The highest BCUT2D eigenvalue weighted by Crippen LogP contribution is 2.25. The molecule has 3 aromatic carbocycles. The number of benzene rings is 3. The second-order valence-corrected chi connectivity index (χ2v) is 8.60. The van der Waals surface area contributed by atoms with Crippen LogP contribution in [0.3, 0.4) is 0 Å². The maximum Gasteiger partial charge on any atom is 0.244 e. The zero-order valence-electron chi connectivity index (χ0n) is 18.1. The van der Waals surface area contributed by atoms with E-state index in [9.17, 15) is 4.79 Å². The molecule has 0 saturated heterocycles. The van der Waals surface area contributed by atoms with E-state index in [-0.39, 0.29) is 11.9 Å². The molecule has 0 fully saturated rings. The summed E-state index contributed by atoms with van der Waals surface area (Å²) in [4.78, 5) is 17.8. The van der Waals surface area contributed by atoms with Gasteiger partial charge >= 0.3 is 0 Å². The smallest absolute Gasteiger partial charge is 0.244 e. The van der Waals surface area contributed by atoms with Crippen molar-refractivity contribution in [2.24, 2.45) is 0 Å². The summed E-state index contributed by atoms with van der Waals surface area (Å²) in [6.45, 7) is 0.710. The molecule has 1 heterocycles. The predicted molar refractivity (Wildman–Crippen MR) is 135 cm³/mol. The van der Waals surface area contributed by atoms with E-state index in [2.05, 4.69) is 46.5 Å². The second kappa shape index (κ2) is 10.8.